The molecular weight excluding hydrogens is 378 g/mol. The molecule has 7 nitrogen and oxygen atoms in total. The molecule has 0 spiro atoms. The van der Waals surface area contributed by atoms with E-state index in [-0.39, 0.29) is 11.6 Å². The van der Waals surface area contributed by atoms with Gasteiger partial charge in [-0.05, 0) is 44.2 Å². The third-order valence-electron chi connectivity index (χ3n) is 4.40. The molecule has 4 rings (SSSR count). The van der Waals surface area contributed by atoms with E-state index in [0.717, 1.165) is 16.6 Å². The standard InChI is InChI=1S/C23H21N5O2/c1-3-30-20-12-5-4-10-17(20)27-23-25-15(2)14-19(28-23)22(29)26-18-11-6-8-16-9-7-13-24-21(16)18/h4-14H,3H2,1-2H3,(H,26,29)(H,25,27,28). The molecule has 2 heterocycles. The largest absolute Gasteiger partial charge is 0.492 e. The lowest BCUT2D eigenvalue weighted by Crippen LogP contribution is -2.16. The molecule has 0 bridgehead atoms. The molecule has 0 fully saturated rings. The predicted octanol–water partition coefficient (Wildman–Crippen LogP) is 4.73. The molecule has 2 aromatic carbocycles. The van der Waals surface area contributed by atoms with Gasteiger partial charge in [-0.3, -0.25) is 9.78 Å². The highest BCUT2D eigenvalue weighted by Gasteiger charge is 2.14. The average molecular weight is 399 g/mol. The van der Waals surface area contributed by atoms with Gasteiger partial charge in [0.1, 0.15) is 11.4 Å². The second kappa shape index (κ2) is 8.57. The first-order chi connectivity index (χ1) is 14.6. The lowest BCUT2D eigenvalue weighted by Gasteiger charge is -2.12. The van der Waals surface area contributed by atoms with Gasteiger partial charge in [-0.2, -0.15) is 0 Å². The van der Waals surface area contributed by atoms with Crippen LogP contribution in [0, 0.1) is 6.92 Å². The Kier molecular flexibility index (Phi) is 5.52. The summed E-state index contributed by atoms with van der Waals surface area (Å²) in [5.74, 6) is 0.682. The fourth-order valence-corrected chi connectivity index (χ4v) is 3.10. The van der Waals surface area contributed by atoms with Crippen molar-refractivity contribution in [2.24, 2.45) is 0 Å². The third kappa shape index (κ3) is 4.20. The number of carbonyl (C=O) groups excluding carboxylic acids is 1. The van der Waals surface area contributed by atoms with E-state index in [9.17, 15) is 4.79 Å². The normalized spacial score (nSPS) is 10.6. The Morgan fingerprint density at radius 2 is 1.80 bits per heavy atom. The third-order valence-corrected chi connectivity index (χ3v) is 4.40. The topological polar surface area (TPSA) is 89.0 Å². The summed E-state index contributed by atoms with van der Waals surface area (Å²) < 4.78 is 5.63. The van der Waals surface area contributed by atoms with E-state index < -0.39 is 0 Å². The SMILES string of the molecule is CCOc1ccccc1Nc1nc(C)cc(C(=O)Nc2cccc3cccnc23)n1. The number of ether oxygens (including phenoxy) is 1. The number of pyridine rings is 1. The zero-order valence-corrected chi connectivity index (χ0v) is 16.7. The first-order valence-corrected chi connectivity index (χ1v) is 9.63. The van der Waals surface area contributed by atoms with Gasteiger partial charge in [0.15, 0.2) is 0 Å². The van der Waals surface area contributed by atoms with Crippen LogP contribution < -0.4 is 15.4 Å². The van der Waals surface area contributed by atoms with Gasteiger partial charge in [0.2, 0.25) is 5.95 Å². The molecule has 0 aliphatic carbocycles. The monoisotopic (exact) mass is 399 g/mol. The minimum absolute atomic E-state index is 0.256. The maximum atomic E-state index is 12.9. The van der Waals surface area contributed by atoms with Crippen LogP contribution in [-0.2, 0) is 0 Å². The van der Waals surface area contributed by atoms with Crippen LogP contribution in [0.25, 0.3) is 10.9 Å². The summed E-state index contributed by atoms with van der Waals surface area (Å²) in [4.78, 5) is 26.1. The quantitative estimate of drug-likeness (QED) is 0.487. The molecule has 0 aliphatic heterocycles. The molecule has 2 N–H and O–H groups in total. The number of hydrogen-bond donors (Lipinski definition) is 2. The Morgan fingerprint density at radius 1 is 1.00 bits per heavy atom. The minimum Gasteiger partial charge on any atom is -0.492 e. The molecule has 0 atom stereocenters. The van der Waals surface area contributed by atoms with Crippen LogP contribution in [0.2, 0.25) is 0 Å². The van der Waals surface area contributed by atoms with Crippen LogP contribution in [0.4, 0.5) is 17.3 Å². The number of hydrogen-bond acceptors (Lipinski definition) is 6. The Hall–Kier alpha value is -4.00. The van der Waals surface area contributed by atoms with Crippen molar-refractivity contribution in [2.75, 3.05) is 17.2 Å². The maximum Gasteiger partial charge on any atom is 0.274 e. The van der Waals surface area contributed by atoms with E-state index in [1.807, 2.05) is 68.4 Å². The Balaban J connectivity index is 1.61. The molecule has 30 heavy (non-hydrogen) atoms. The molecule has 150 valence electrons. The van der Waals surface area contributed by atoms with Gasteiger partial charge in [-0.25, -0.2) is 9.97 Å². The number of aromatic nitrogens is 3. The van der Waals surface area contributed by atoms with Crippen LogP contribution >= 0.6 is 0 Å². The van der Waals surface area contributed by atoms with E-state index in [4.69, 9.17) is 4.74 Å². The molecule has 0 unspecified atom stereocenters. The summed E-state index contributed by atoms with van der Waals surface area (Å²) in [7, 11) is 0. The molecular formula is C23H21N5O2. The summed E-state index contributed by atoms with van der Waals surface area (Å²) in [6, 6.07) is 18.6. The van der Waals surface area contributed by atoms with E-state index >= 15 is 0 Å². The number of carbonyl (C=O) groups is 1. The highest BCUT2D eigenvalue weighted by atomic mass is 16.5. The molecule has 4 aromatic rings. The molecule has 2 aromatic heterocycles. The number of aryl methyl sites for hydroxylation is 1. The highest BCUT2D eigenvalue weighted by Crippen LogP contribution is 2.26. The Bertz CT molecular complexity index is 1200. The van der Waals surface area contributed by atoms with Gasteiger partial charge in [0, 0.05) is 17.3 Å². The number of nitrogens with zero attached hydrogens (tertiary/aromatic N) is 3. The first kappa shape index (κ1) is 19.3. The summed E-state index contributed by atoms with van der Waals surface area (Å²) in [5, 5.41) is 7.00. The molecule has 1 amide bonds. The molecule has 0 radical (unpaired) electrons. The van der Waals surface area contributed by atoms with Crippen molar-refractivity contribution in [3.8, 4) is 5.75 Å². The Morgan fingerprint density at radius 3 is 2.67 bits per heavy atom. The second-order valence-electron chi connectivity index (χ2n) is 6.61. The predicted molar refractivity (Wildman–Crippen MR) is 117 cm³/mol. The second-order valence-corrected chi connectivity index (χ2v) is 6.61. The summed E-state index contributed by atoms with van der Waals surface area (Å²) in [6.45, 7) is 4.28. The minimum atomic E-state index is -0.334. The lowest BCUT2D eigenvalue weighted by atomic mass is 10.2. The lowest BCUT2D eigenvalue weighted by molar-refractivity contribution is 0.102. The summed E-state index contributed by atoms with van der Waals surface area (Å²) >= 11 is 0. The fraction of sp³-hybridized carbons (Fsp3) is 0.130. The Labute approximate surface area is 174 Å². The zero-order valence-electron chi connectivity index (χ0n) is 16.7. The number of benzene rings is 2. The van der Waals surface area contributed by atoms with Gasteiger partial charge < -0.3 is 15.4 Å². The van der Waals surface area contributed by atoms with Crippen molar-refractivity contribution >= 4 is 34.1 Å². The van der Waals surface area contributed by atoms with Crippen molar-refractivity contribution in [3.63, 3.8) is 0 Å². The van der Waals surface area contributed by atoms with E-state index in [1.165, 1.54) is 0 Å². The van der Waals surface area contributed by atoms with Crippen molar-refractivity contribution in [1.82, 2.24) is 15.0 Å². The maximum absolute atomic E-state index is 12.9. The molecule has 0 saturated carbocycles. The van der Waals surface area contributed by atoms with E-state index in [0.29, 0.717) is 29.7 Å². The van der Waals surface area contributed by atoms with Crippen LogP contribution in [0.5, 0.6) is 5.75 Å². The molecule has 0 aliphatic rings. The highest BCUT2D eigenvalue weighted by molar-refractivity contribution is 6.07. The zero-order chi connectivity index (χ0) is 20.9. The van der Waals surface area contributed by atoms with Gasteiger partial charge in [0.25, 0.3) is 5.91 Å². The smallest absolute Gasteiger partial charge is 0.274 e. The summed E-state index contributed by atoms with van der Waals surface area (Å²) in [6.07, 6.45) is 1.70. The number of anilines is 3. The average Bonchev–Trinajstić information content (AvgIpc) is 2.75. The van der Waals surface area contributed by atoms with Gasteiger partial charge in [-0.15, -0.1) is 0 Å². The number of fused-ring (bicyclic) bond motifs is 1. The van der Waals surface area contributed by atoms with Crippen molar-refractivity contribution in [1.29, 1.82) is 0 Å². The van der Waals surface area contributed by atoms with Crippen LogP contribution in [0.15, 0.2) is 66.9 Å². The van der Waals surface area contributed by atoms with E-state index in [2.05, 4.69) is 25.6 Å². The van der Waals surface area contributed by atoms with Crippen LogP contribution in [0.1, 0.15) is 23.1 Å². The van der Waals surface area contributed by atoms with Crippen molar-refractivity contribution in [3.05, 3.63) is 78.2 Å². The fourth-order valence-electron chi connectivity index (χ4n) is 3.10. The van der Waals surface area contributed by atoms with Crippen LogP contribution in [0.3, 0.4) is 0 Å². The van der Waals surface area contributed by atoms with E-state index in [1.54, 1.807) is 12.3 Å². The first-order valence-electron chi connectivity index (χ1n) is 9.63. The van der Waals surface area contributed by atoms with Crippen molar-refractivity contribution < 1.29 is 9.53 Å². The summed E-state index contributed by atoms with van der Waals surface area (Å²) in [5.41, 5.74) is 3.01. The number of nitrogens with one attached hydrogen (secondary N) is 2. The number of amides is 1. The van der Waals surface area contributed by atoms with Gasteiger partial charge in [-0.1, -0.05) is 30.3 Å². The van der Waals surface area contributed by atoms with Gasteiger partial charge >= 0.3 is 0 Å². The number of rotatable bonds is 6. The van der Waals surface area contributed by atoms with Crippen molar-refractivity contribution in [2.45, 2.75) is 13.8 Å². The van der Waals surface area contributed by atoms with Gasteiger partial charge in [0.05, 0.1) is 23.5 Å². The van der Waals surface area contributed by atoms with Crippen LogP contribution in [-0.4, -0.2) is 27.5 Å². The number of para-hydroxylation sites is 3. The molecule has 7 heteroatoms. The molecule has 0 saturated heterocycles.